The van der Waals surface area contributed by atoms with Crippen LogP contribution in [0, 0.1) is 10.1 Å². The van der Waals surface area contributed by atoms with E-state index < -0.39 is 4.92 Å². The van der Waals surface area contributed by atoms with Crippen molar-refractivity contribution in [2.75, 3.05) is 5.75 Å². The first kappa shape index (κ1) is 14.5. The van der Waals surface area contributed by atoms with Gasteiger partial charge < -0.3 is 10.4 Å². The third-order valence-electron chi connectivity index (χ3n) is 2.22. The summed E-state index contributed by atoms with van der Waals surface area (Å²) in [5.74, 6) is -0.0605. The van der Waals surface area contributed by atoms with Crippen LogP contribution in [0.4, 0.5) is 5.69 Å². The van der Waals surface area contributed by atoms with E-state index in [1.54, 1.807) is 0 Å². The number of nitrogens with one attached hydrogen (secondary N) is 1. The zero-order chi connectivity index (χ0) is 14.7. The molecule has 8 nitrogen and oxygen atoms in total. The van der Waals surface area contributed by atoms with E-state index in [0.29, 0.717) is 5.17 Å². The number of nitrogens with zero attached hydrogens (tertiary/aromatic N) is 3. The maximum Gasteiger partial charge on any atom is 0.271 e. The summed E-state index contributed by atoms with van der Waals surface area (Å²) < 4.78 is 0.185. The van der Waals surface area contributed by atoms with Crippen LogP contribution in [-0.2, 0) is 4.79 Å². The monoisotopic (exact) mass is 358 g/mol. The maximum absolute atomic E-state index is 10.9. The standard InChI is InChI=1S/C10H7BrN4O4S/c11-7-2-6(15(18)19)1-5(9(7)17)3-12-14-10-13-8(16)4-20-10/h1-3,17H,4H2,(H,13,14,16). The van der Waals surface area contributed by atoms with E-state index in [-0.39, 0.29) is 33.1 Å². The number of carbonyl (C=O) groups excluding carboxylic acids is 1. The van der Waals surface area contributed by atoms with Crippen molar-refractivity contribution in [1.82, 2.24) is 5.32 Å². The number of hydrogen-bond donors (Lipinski definition) is 2. The van der Waals surface area contributed by atoms with Gasteiger partial charge in [0.05, 0.1) is 21.4 Å². The van der Waals surface area contributed by atoms with Crippen molar-refractivity contribution in [2.45, 2.75) is 0 Å². The highest BCUT2D eigenvalue weighted by molar-refractivity contribution is 9.10. The SMILES string of the molecule is O=C1CSC(=NN=Cc2cc([N+](=O)[O-])cc(Br)c2O)N1. The Bertz CT molecular complexity index is 646. The molecule has 104 valence electrons. The summed E-state index contributed by atoms with van der Waals surface area (Å²) in [5, 5.41) is 30.7. The number of non-ortho nitro benzene ring substituents is 1. The molecule has 2 rings (SSSR count). The topological polar surface area (TPSA) is 117 Å². The van der Waals surface area contributed by atoms with Crippen LogP contribution < -0.4 is 5.32 Å². The summed E-state index contributed by atoms with van der Waals surface area (Å²) in [7, 11) is 0. The van der Waals surface area contributed by atoms with E-state index in [1.165, 1.54) is 30.1 Å². The summed E-state index contributed by atoms with van der Waals surface area (Å²) in [5.41, 5.74) is -0.0444. The van der Waals surface area contributed by atoms with Gasteiger partial charge in [-0.05, 0) is 15.9 Å². The van der Waals surface area contributed by atoms with Gasteiger partial charge in [-0.15, -0.1) is 5.10 Å². The predicted molar refractivity (Wildman–Crippen MR) is 78.1 cm³/mol. The summed E-state index contributed by atoms with van der Waals surface area (Å²) >= 11 is 4.21. The van der Waals surface area contributed by atoms with Gasteiger partial charge in [0.2, 0.25) is 5.91 Å². The highest BCUT2D eigenvalue weighted by Crippen LogP contribution is 2.31. The first-order valence-electron chi connectivity index (χ1n) is 5.18. The lowest BCUT2D eigenvalue weighted by Gasteiger charge is -2.01. The van der Waals surface area contributed by atoms with Crippen LogP contribution in [0.3, 0.4) is 0 Å². The number of aromatic hydroxyl groups is 1. The van der Waals surface area contributed by atoms with Crippen molar-refractivity contribution in [3.05, 3.63) is 32.3 Å². The molecule has 1 amide bonds. The molecule has 0 radical (unpaired) electrons. The number of carbonyl (C=O) groups is 1. The van der Waals surface area contributed by atoms with E-state index >= 15 is 0 Å². The van der Waals surface area contributed by atoms with E-state index in [9.17, 15) is 20.0 Å². The molecule has 1 aliphatic rings. The molecule has 0 spiro atoms. The largest absolute Gasteiger partial charge is 0.506 e. The van der Waals surface area contributed by atoms with Crippen LogP contribution in [0.15, 0.2) is 26.8 Å². The molecule has 2 N–H and O–H groups in total. The molecule has 20 heavy (non-hydrogen) atoms. The first-order chi connectivity index (χ1) is 9.47. The fourth-order valence-corrected chi connectivity index (χ4v) is 2.43. The van der Waals surface area contributed by atoms with Gasteiger partial charge in [-0.1, -0.05) is 11.8 Å². The summed E-state index contributed by atoms with van der Waals surface area (Å²) in [4.78, 5) is 21.1. The van der Waals surface area contributed by atoms with Gasteiger partial charge in [0.25, 0.3) is 5.69 Å². The van der Waals surface area contributed by atoms with E-state index in [1.807, 2.05) is 0 Å². The molecular formula is C10H7BrN4O4S. The number of thioether (sulfide) groups is 1. The number of nitro benzene ring substituents is 1. The van der Waals surface area contributed by atoms with Crippen molar-refractivity contribution >= 4 is 50.7 Å². The molecule has 10 heteroatoms. The Morgan fingerprint density at radius 1 is 1.55 bits per heavy atom. The van der Waals surface area contributed by atoms with Gasteiger partial charge in [-0.2, -0.15) is 5.10 Å². The van der Waals surface area contributed by atoms with Crippen molar-refractivity contribution in [3.63, 3.8) is 0 Å². The second-order valence-electron chi connectivity index (χ2n) is 3.61. The molecule has 0 bridgehead atoms. The first-order valence-corrected chi connectivity index (χ1v) is 6.96. The van der Waals surface area contributed by atoms with Gasteiger partial charge in [0.1, 0.15) is 5.75 Å². The van der Waals surface area contributed by atoms with Crippen LogP contribution in [0.5, 0.6) is 5.75 Å². The maximum atomic E-state index is 10.9. The Morgan fingerprint density at radius 2 is 2.30 bits per heavy atom. The molecule has 1 heterocycles. The van der Waals surface area contributed by atoms with E-state index in [0.717, 1.165) is 0 Å². The van der Waals surface area contributed by atoms with Crippen molar-refractivity contribution in [2.24, 2.45) is 10.2 Å². The summed E-state index contributed by atoms with van der Waals surface area (Å²) in [6, 6.07) is 2.36. The highest BCUT2D eigenvalue weighted by Gasteiger charge is 2.16. The number of benzene rings is 1. The van der Waals surface area contributed by atoms with Gasteiger partial charge in [-0.3, -0.25) is 14.9 Å². The quantitative estimate of drug-likeness (QED) is 0.483. The highest BCUT2D eigenvalue weighted by atomic mass is 79.9. The Kier molecular flexibility index (Phi) is 4.35. The summed E-state index contributed by atoms with van der Waals surface area (Å²) in [6.45, 7) is 0. The minimum absolute atomic E-state index is 0.143. The normalized spacial score (nSPS) is 16.9. The number of hydrogen-bond acceptors (Lipinski definition) is 7. The molecule has 1 aromatic carbocycles. The molecule has 0 aliphatic carbocycles. The molecule has 0 aromatic heterocycles. The third kappa shape index (κ3) is 3.33. The molecule has 0 atom stereocenters. The van der Waals surface area contributed by atoms with E-state index in [4.69, 9.17) is 0 Å². The van der Waals surface area contributed by atoms with Crippen LogP contribution in [0.2, 0.25) is 0 Å². The van der Waals surface area contributed by atoms with Gasteiger partial charge in [0, 0.05) is 17.7 Å². The average Bonchev–Trinajstić information content (AvgIpc) is 2.80. The number of nitro groups is 1. The van der Waals surface area contributed by atoms with Crippen LogP contribution in [0.25, 0.3) is 0 Å². The van der Waals surface area contributed by atoms with Crippen LogP contribution >= 0.6 is 27.7 Å². The minimum atomic E-state index is -0.583. The number of rotatable bonds is 3. The molecular weight excluding hydrogens is 352 g/mol. The lowest BCUT2D eigenvalue weighted by atomic mass is 10.2. The zero-order valence-corrected chi connectivity index (χ0v) is 12.1. The third-order valence-corrected chi connectivity index (χ3v) is 3.69. The zero-order valence-electron chi connectivity index (χ0n) is 9.74. The molecule has 1 saturated heterocycles. The second-order valence-corrected chi connectivity index (χ2v) is 5.43. The van der Waals surface area contributed by atoms with Gasteiger partial charge >= 0.3 is 0 Å². The van der Waals surface area contributed by atoms with Crippen molar-refractivity contribution in [3.8, 4) is 5.75 Å². The average molecular weight is 359 g/mol. The van der Waals surface area contributed by atoms with Crippen LogP contribution in [-0.4, -0.2) is 33.1 Å². The van der Waals surface area contributed by atoms with Gasteiger partial charge in [0.15, 0.2) is 5.17 Å². The van der Waals surface area contributed by atoms with Crippen LogP contribution in [0.1, 0.15) is 5.56 Å². The van der Waals surface area contributed by atoms with Crippen molar-refractivity contribution in [1.29, 1.82) is 0 Å². The Hall–Kier alpha value is -1.94. The molecule has 1 aromatic rings. The minimum Gasteiger partial charge on any atom is -0.506 e. The Balaban J connectivity index is 2.24. The number of amides is 1. The molecule has 1 fully saturated rings. The number of phenolic OH excluding ortho intramolecular Hbond substituents is 1. The van der Waals surface area contributed by atoms with Crippen molar-refractivity contribution < 1.29 is 14.8 Å². The lowest BCUT2D eigenvalue weighted by Crippen LogP contribution is -2.19. The fraction of sp³-hybridized carbons (Fsp3) is 0.100. The van der Waals surface area contributed by atoms with E-state index in [2.05, 4.69) is 31.4 Å². The smallest absolute Gasteiger partial charge is 0.271 e. The number of halogens is 1. The number of amidine groups is 1. The Morgan fingerprint density at radius 3 is 2.90 bits per heavy atom. The predicted octanol–water partition coefficient (Wildman–Crippen LogP) is 1.62. The number of phenols is 1. The Labute approximate surface area is 125 Å². The second kappa shape index (κ2) is 6.01. The van der Waals surface area contributed by atoms with Gasteiger partial charge in [-0.25, -0.2) is 0 Å². The molecule has 0 saturated carbocycles. The summed E-state index contributed by atoms with van der Waals surface area (Å²) in [6.07, 6.45) is 1.17. The fourth-order valence-electron chi connectivity index (χ4n) is 1.33. The molecule has 1 aliphatic heterocycles. The molecule has 0 unspecified atom stereocenters. The lowest BCUT2D eigenvalue weighted by molar-refractivity contribution is -0.385.